The molecule has 0 aromatic heterocycles. The number of hydrogen-bond acceptors (Lipinski definition) is 2. The summed E-state index contributed by atoms with van der Waals surface area (Å²) in [6.07, 6.45) is 3.88. The molecule has 0 bridgehead atoms. The second-order valence-electron chi connectivity index (χ2n) is 4.15. The summed E-state index contributed by atoms with van der Waals surface area (Å²) in [5, 5.41) is 10.8. The van der Waals surface area contributed by atoms with Gasteiger partial charge in [-0.05, 0) is 36.5 Å². The van der Waals surface area contributed by atoms with Crippen LogP contribution in [0.4, 0.5) is 5.69 Å². The molecule has 0 aliphatic carbocycles. The van der Waals surface area contributed by atoms with Gasteiger partial charge in [0, 0.05) is 12.1 Å². The highest BCUT2D eigenvalue weighted by Crippen LogP contribution is 2.24. The first-order valence-corrected chi connectivity index (χ1v) is 5.86. The van der Waals surface area contributed by atoms with Crippen LogP contribution < -0.4 is 0 Å². The minimum absolute atomic E-state index is 0.234. The summed E-state index contributed by atoms with van der Waals surface area (Å²) in [6, 6.07) is 3.44. The molecule has 3 heteroatoms. The van der Waals surface area contributed by atoms with Gasteiger partial charge in [0.2, 0.25) is 0 Å². The zero-order chi connectivity index (χ0) is 12.1. The first-order chi connectivity index (χ1) is 7.60. The van der Waals surface area contributed by atoms with E-state index < -0.39 is 0 Å². The fourth-order valence-electron chi connectivity index (χ4n) is 1.98. The minimum atomic E-state index is -0.294. The Labute approximate surface area is 96.6 Å². The zero-order valence-electron chi connectivity index (χ0n) is 10.2. The van der Waals surface area contributed by atoms with E-state index in [1.54, 1.807) is 12.1 Å². The molecule has 0 atom stereocenters. The Morgan fingerprint density at radius 2 is 1.56 bits per heavy atom. The highest BCUT2D eigenvalue weighted by molar-refractivity contribution is 5.45. The Bertz CT molecular complexity index is 359. The number of nitrogens with zero attached hydrogens (tertiary/aromatic N) is 1. The summed E-state index contributed by atoms with van der Waals surface area (Å²) in [6.45, 7) is 6.26. The molecule has 0 N–H and O–H groups in total. The third kappa shape index (κ3) is 2.81. The van der Waals surface area contributed by atoms with E-state index >= 15 is 0 Å². The predicted octanol–water partition coefficient (Wildman–Crippen LogP) is 3.81. The molecule has 16 heavy (non-hydrogen) atoms. The van der Waals surface area contributed by atoms with Crippen LogP contribution in [-0.4, -0.2) is 4.92 Å². The Morgan fingerprint density at radius 3 is 1.88 bits per heavy atom. The van der Waals surface area contributed by atoms with Crippen LogP contribution in [0.1, 0.15) is 43.4 Å². The highest BCUT2D eigenvalue weighted by atomic mass is 16.6. The van der Waals surface area contributed by atoms with E-state index in [4.69, 9.17) is 0 Å². The van der Waals surface area contributed by atoms with Crippen molar-refractivity contribution in [3.63, 3.8) is 0 Å². The highest BCUT2D eigenvalue weighted by Gasteiger charge is 2.12. The van der Waals surface area contributed by atoms with Gasteiger partial charge in [-0.2, -0.15) is 0 Å². The molecule has 0 fully saturated rings. The topological polar surface area (TPSA) is 43.1 Å². The number of nitro benzene ring substituents is 1. The fraction of sp³-hybridized carbons (Fsp3) is 0.538. The molecule has 1 rings (SSSR count). The van der Waals surface area contributed by atoms with Crippen LogP contribution in [0.3, 0.4) is 0 Å². The molecule has 1 aromatic carbocycles. The van der Waals surface area contributed by atoms with Crippen LogP contribution in [0.15, 0.2) is 12.1 Å². The van der Waals surface area contributed by atoms with E-state index in [-0.39, 0.29) is 10.6 Å². The summed E-state index contributed by atoms with van der Waals surface area (Å²) in [4.78, 5) is 10.5. The van der Waals surface area contributed by atoms with Gasteiger partial charge in [-0.1, -0.05) is 26.7 Å². The molecule has 0 saturated carbocycles. The Kier molecular flexibility index (Phi) is 4.47. The van der Waals surface area contributed by atoms with Crippen molar-refractivity contribution in [3.8, 4) is 0 Å². The lowest BCUT2D eigenvalue weighted by molar-refractivity contribution is -0.385. The van der Waals surface area contributed by atoms with E-state index in [1.165, 1.54) is 5.56 Å². The molecule has 0 radical (unpaired) electrons. The van der Waals surface area contributed by atoms with E-state index in [9.17, 15) is 10.1 Å². The summed E-state index contributed by atoms with van der Waals surface area (Å²) < 4.78 is 0. The molecule has 88 valence electrons. The molecule has 0 aliphatic rings. The van der Waals surface area contributed by atoms with Gasteiger partial charge >= 0.3 is 0 Å². The molecule has 0 aliphatic heterocycles. The first-order valence-electron chi connectivity index (χ1n) is 5.86. The Balaban J connectivity index is 3.21. The van der Waals surface area contributed by atoms with Crippen molar-refractivity contribution in [1.29, 1.82) is 0 Å². The van der Waals surface area contributed by atoms with Gasteiger partial charge in [0.1, 0.15) is 0 Å². The second-order valence-corrected chi connectivity index (χ2v) is 4.15. The summed E-state index contributed by atoms with van der Waals surface area (Å²) in [7, 11) is 0. The molecule has 0 spiro atoms. The van der Waals surface area contributed by atoms with Gasteiger partial charge in [-0.25, -0.2) is 0 Å². The van der Waals surface area contributed by atoms with Crippen molar-refractivity contribution in [3.05, 3.63) is 38.9 Å². The molecule has 0 unspecified atom stereocenters. The summed E-state index contributed by atoms with van der Waals surface area (Å²) >= 11 is 0. The first kappa shape index (κ1) is 12.7. The van der Waals surface area contributed by atoms with Crippen molar-refractivity contribution < 1.29 is 4.92 Å². The maximum Gasteiger partial charge on any atom is 0.269 e. The lowest BCUT2D eigenvalue weighted by Crippen LogP contribution is -1.99. The molecular formula is C13H19NO2. The van der Waals surface area contributed by atoms with Crippen molar-refractivity contribution in [2.45, 2.75) is 46.5 Å². The Morgan fingerprint density at radius 1 is 1.12 bits per heavy atom. The fourth-order valence-corrected chi connectivity index (χ4v) is 1.98. The molecular weight excluding hydrogens is 202 g/mol. The third-order valence-electron chi connectivity index (χ3n) is 2.86. The predicted molar refractivity (Wildman–Crippen MR) is 65.8 cm³/mol. The van der Waals surface area contributed by atoms with Crippen LogP contribution in [0.25, 0.3) is 0 Å². The van der Waals surface area contributed by atoms with E-state index in [0.29, 0.717) is 0 Å². The van der Waals surface area contributed by atoms with Crippen LogP contribution in [0.5, 0.6) is 0 Å². The van der Waals surface area contributed by atoms with E-state index in [2.05, 4.69) is 20.8 Å². The summed E-state index contributed by atoms with van der Waals surface area (Å²) in [5.41, 5.74) is 3.71. The number of nitro groups is 1. The van der Waals surface area contributed by atoms with Gasteiger partial charge in [0.05, 0.1) is 4.92 Å². The molecule has 3 nitrogen and oxygen atoms in total. The number of non-ortho nitro benzene ring substituents is 1. The van der Waals surface area contributed by atoms with Crippen molar-refractivity contribution >= 4 is 5.69 Å². The van der Waals surface area contributed by atoms with Crippen LogP contribution in [0, 0.1) is 17.0 Å². The van der Waals surface area contributed by atoms with Gasteiger partial charge in [-0.15, -0.1) is 0 Å². The summed E-state index contributed by atoms with van der Waals surface area (Å²) in [5.74, 6) is 0. The quantitative estimate of drug-likeness (QED) is 0.560. The Hall–Kier alpha value is -1.38. The van der Waals surface area contributed by atoms with Gasteiger partial charge in [0.15, 0.2) is 0 Å². The minimum Gasteiger partial charge on any atom is -0.258 e. The van der Waals surface area contributed by atoms with Gasteiger partial charge in [-0.3, -0.25) is 10.1 Å². The SMILES string of the molecule is CCCc1cc([N+](=O)[O-])cc(CCC)c1C. The lowest BCUT2D eigenvalue weighted by Gasteiger charge is -2.10. The normalized spacial score (nSPS) is 10.4. The maximum atomic E-state index is 10.8. The second kappa shape index (κ2) is 5.64. The molecule has 0 heterocycles. The standard InChI is InChI=1S/C13H19NO2/c1-4-6-11-8-13(14(15)16)9-12(7-5-2)10(11)3/h8-9H,4-7H2,1-3H3. The average molecular weight is 221 g/mol. The van der Waals surface area contributed by atoms with Crippen LogP contribution >= 0.6 is 0 Å². The number of benzene rings is 1. The molecule has 1 aromatic rings. The van der Waals surface area contributed by atoms with Crippen molar-refractivity contribution in [1.82, 2.24) is 0 Å². The van der Waals surface area contributed by atoms with Crippen LogP contribution in [0.2, 0.25) is 0 Å². The van der Waals surface area contributed by atoms with Crippen molar-refractivity contribution in [2.75, 3.05) is 0 Å². The number of aryl methyl sites for hydroxylation is 2. The molecule has 0 amide bonds. The number of hydrogen-bond donors (Lipinski definition) is 0. The zero-order valence-corrected chi connectivity index (χ0v) is 10.2. The van der Waals surface area contributed by atoms with Gasteiger partial charge in [0.25, 0.3) is 5.69 Å². The molecule has 0 saturated heterocycles. The lowest BCUT2D eigenvalue weighted by atomic mass is 9.95. The van der Waals surface area contributed by atoms with E-state index in [0.717, 1.165) is 36.8 Å². The largest absolute Gasteiger partial charge is 0.269 e. The average Bonchev–Trinajstić information content (AvgIpc) is 2.24. The van der Waals surface area contributed by atoms with Gasteiger partial charge < -0.3 is 0 Å². The smallest absolute Gasteiger partial charge is 0.258 e. The third-order valence-corrected chi connectivity index (χ3v) is 2.86. The number of rotatable bonds is 5. The maximum absolute atomic E-state index is 10.8. The monoisotopic (exact) mass is 221 g/mol. The van der Waals surface area contributed by atoms with Crippen LogP contribution in [-0.2, 0) is 12.8 Å². The van der Waals surface area contributed by atoms with E-state index in [1.807, 2.05) is 0 Å². The van der Waals surface area contributed by atoms with Crippen molar-refractivity contribution in [2.24, 2.45) is 0 Å².